The Morgan fingerprint density at radius 3 is 2.53 bits per heavy atom. The highest BCUT2D eigenvalue weighted by atomic mass is 19.4. The molecule has 0 aliphatic carbocycles. The number of amides is 1. The third kappa shape index (κ3) is 8.90. The second-order valence-corrected chi connectivity index (χ2v) is 3.57. The number of alkyl halides is 3. The molecule has 2 unspecified atom stereocenters. The minimum atomic E-state index is -4.43. The van der Waals surface area contributed by atoms with E-state index in [-0.39, 0.29) is 13.2 Å². The standard InChI is InChI=1S/C9H17F3N2O3/c1-6(13-3-7(15)4-17-2)8(16)14-5-9(10,11)12/h6-7,13,15H,3-5H2,1-2H3,(H,14,16). The SMILES string of the molecule is COCC(O)CNC(C)C(=O)NCC(F)(F)F. The molecule has 3 N–H and O–H groups in total. The van der Waals surface area contributed by atoms with E-state index in [4.69, 9.17) is 0 Å². The summed E-state index contributed by atoms with van der Waals surface area (Å²) < 4.78 is 40.1. The summed E-state index contributed by atoms with van der Waals surface area (Å²) in [5, 5.41) is 13.6. The molecule has 0 aliphatic rings. The van der Waals surface area contributed by atoms with Crippen molar-refractivity contribution < 1.29 is 27.8 Å². The molecule has 17 heavy (non-hydrogen) atoms. The van der Waals surface area contributed by atoms with E-state index in [1.54, 1.807) is 5.32 Å². The highest BCUT2D eigenvalue weighted by molar-refractivity contribution is 5.81. The van der Waals surface area contributed by atoms with Crippen LogP contribution in [0.3, 0.4) is 0 Å². The largest absolute Gasteiger partial charge is 0.405 e. The molecular formula is C9H17F3N2O3. The van der Waals surface area contributed by atoms with Crippen LogP contribution < -0.4 is 10.6 Å². The molecule has 0 aromatic carbocycles. The molecule has 8 heteroatoms. The topological polar surface area (TPSA) is 70.6 Å². The second-order valence-electron chi connectivity index (χ2n) is 3.57. The van der Waals surface area contributed by atoms with Crippen molar-refractivity contribution in [1.82, 2.24) is 10.6 Å². The number of ether oxygens (including phenoxy) is 1. The van der Waals surface area contributed by atoms with Gasteiger partial charge in [-0.15, -0.1) is 0 Å². The predicted molar refractivity (Wildman–Crippen MR) is 54.4 cm³/mol. The van der Waals surface area contributed by atoms with E-state index in [2.05, 4.69) is 10.1 Å². The van der Waals surface area contributed by atoms with Gasteiger partial charge in [0.05, 0.1) is 18.8 Å². The van der Waals surface area contributed by atoms with Crippen LogP contribution in [-0.4, -0.2) is 56.1 Å². The Morgan fingerprint density at radius 1 is 1.47 bits per heavy atom. The molecule has 0 spiro atoms. The van der Waals surface area contributed by atoms with Crippen molar-refractivity contribution in [3.8, 4) is 0 Å². The van der Waals surface area contributed by atoms with Crippen molar-refractivity contribution in [1.29, 1.82) is 0 Å². The molecule has 0 fully saturated rings. The number of aliphatic hydroxyl groups is 1. The zero-order valence-corrected chi connectivity index (χ0v) is 9.67. The molecule has 0 aromatic rings. The van der Waals surface area contributed by atoms with Gasteiger partial charge in [0.2, 0.25) is 5.91 Å². The van der Waals surface area contributed by atoms with Crippen molar-refractivity contribution in [3.05, 3.63) is 0 Å². The van der Waals surface area contributed by atoms with Gasteiger partial charge in [0, 0.05) is 13.7 Å². The van der Waals surface area contributed by atoms with E-state index >= 15 is 0 Å². The van der Waals surface area contributed by atoms with Gasteiger partial charge in [0.1, 0.15) is 6.54 Å². The smallest absolute Gasteiger partial charge is 0.389 e. The number of carbonyl (C=O) groups excluding carboxylic acids is 1. The van der Waals surface area contributed by atoms with Crippen molar-refractivity contribution in [2.45, 2.75) is 25.2 Å². The third-order valence-electron chi connectivity index (χ3n) is 1.88. The zero-order chi connectivity index (χ0) is 13.5. The van der Waals surface area contributed by atoms with Gasteiger partial charge in [-0.1, -0.05) is 0 Å². The fourth-order valence-corrected chi connectivity index (χ4v) is 0.997. The molecule has 0 heterocycles. The fraction of sp³-hybridized carbons (Fsp3) is 0.889. The number of methoxy groups -OCH3 is 1. The lowest BCUT2D eigenvalue weighted by molar-refractivity contribution is -0.139. The van der Waals surface area contributed by atoms with Gasteiger partial charge in [-0.3, -0.25) is 4.79 Å². The van der Waals surface area contributed by atoms with Crippen LogP contribution in [0.15, 0.2) is 0 Å². The minimum Gasteiger partial charge on any atom is -0.389 e. The maximum absolute atomic E-state index is 11.8. The molecule has 0 bridgehead atoms. The van der Waals surface area contributed by atoms with Crippen molar-refractivity contribution >= 4 is 5.91 Å². The monoisotopic (exact) mass is 258 g/mol. The third-order valence-corrected chi connectivity index (χ3v) is 1.88. The van der Waals surface area contributed by atoms with Gasteiger partial charge in [-0.25, -0.2) is 0 Å². The summed E-state index contributed by atoms with van der Waals surface area (Å²) in [7, 11) is 1.41. The first-order valence-electron chi connectivity index (χ1n) is 5.01. The van der Waals surface area contributed by atoms with Crippen LogP contribution >= 0.6 is 0 Å². The Bertz CT molecular complexity index is 236. The molecular weight excluding hydrogens is 241 g/mol. The lowest BCUT2D eigenvalue weighted by Gasteiger charge is -2.17. The van der Waals surface area contributed by atoms with E-state index in [1.165, 1.54) is 14.0 Å². The normalized spacial score (nSPS) is 15.4. The maximum Gasteiger partial charge on any atom is 0.405 e. The van der Waals surface area contributed by atoms with Gasteiger partial charge in [0.25, 0.3) is 0 Å². The molecule has 5 nitrogen and oxygen atoms in total. The van der Waals surface area contributed by atoms with Crippen LogP contribution in [0.1, 0.15) is 6.92 Å². The summed E-state index contributed by atoms with van der Waals surface area (Å²) in [6.45, 7) is 0.196. The van der Waals surface area contributed by atoms with Gasteiger partial charge in [0.15, 0.2) is 0 Å². The molecule has 0 aromatic heterocycles. The number of carbonyl (C=O) groups is 1. The average Bonchev–Trinajstić information content (AvgIpc) is 2.22. The van der Waals surface area contributed by atoms with Gasteiger partial charge in [-0.2, -0.15) is 13.2 Å². The van der Waals surface area contributed by atoms with Crippen LogP contribution in [0.2, 0.25) is 0 Å². The van der Waals surface area contributed by atoms with Crippen LogP contribution in [-0.2, 0) is 9.53 Å². The summed E-state index contributed by atoms with van der Waals surface area (Å²) in [5.41, 5.74) is 0. The number of hydrogen-bond acceptors (Lipinski definition) is 4. The molecule has 102 valence electrons. The first-order valence-corrected chi connectivity index (χ1v) is 5.01. The van der Waals surface area contributed by atoms with E-state index in [1.807, 2.05) is 0 Å². The average molecular weight is 258 g/mol. The van der Waals surface area contributed by atoms with Crippen LogP contribution in [0.25, 0.3) is 0 Å². The lowest BCUT2D eigenvalue weighted by atomic mass is 10.3. The number of halogens is 3. The van der Waals surface area contributed by atoms with Gasteiger partial charge < -0.3 is 20.5 Å². The van der Waals surface area contributed by atoms with Crippen molar-refractivity contribution in [3.63, 3.8) is 0 Å². The number of aliphatic hydroxyl groups excluding tert-OH is 1. The Hall–Kier alpha value is -0.860. The summed E-state index contributed by atoms with van der Waals surface area (Å²) in [4.78, 5) is 11.2. The first-order chi connectivity index (χ1) is 7.76. The highest BCUT2D eigenvalue weighted by Gasteiger charge is 2.28. The van der Waals surface area contributed by atoms with Gasteiger partial charge in [-0.05, 0) is 6.92 Å². The molecule has 1 amide bonds. The van der Waals surface area contributed by atoms with E-state index < -0.39 is 30.8 Å². The summed E-state index contributed by atoms with van der Waals surface area (Å²) in [5.74, 6) is -0.771. The van der Waals surface area contributed by atoms with Crippen LogP contribution in [0.4, 0.5) is 13.2 Å². The molecule has 0 saturated carbocycles. The number of nitrogens with one attached hydrogen (secondary N) is 2. The second kappa shape index (κ2) is 7.46. The Balaban J connectivity index is 3.82. The summed E-state index contributed by atoms with van der Waals surface area (Å²) in [6, 6.07) is -0.816. The zero-order valence-electron chi connectivity index (χ0n) is 9.67. The maximum atomic E-state index is 11.8. The lowest BCUT2D eigenvalue weighted by Crippen LogP contribution is -2.47. The Labute approximate surface area is 97.3 Å². The summed E-state index contributed by atoms with van der Waals surface area (Å²) >= 11 is 0. The molecule has 0 saturated heterocycles. The minimum absolute atomic E-state index is 0.0639. The molecule has 0 radical (unpaired) electrons. The van der Waals surface area contributed by atoms with E-state index in [0.717, 1.165) is 0 Å². The van der Waals surface area contributed by atoms with Crippen LogP contribution in [0, 0.1) is 0 Å². The quantitative estimate of drug-likeness (QED) is 0.584. The first kappa shape index (κ1) is 16.1. The Kier molecular flexibility index (Phi) is 7.09. The van der Waals surface area contributed by atoms with E-state index in [0.29, 0.717) is 0 Å². The highest BCUT2D eigenvalue weighted by Crippen LogP contribution is 2.12. The molecule has 2 atom stereocenters. The molecule has 0 aliphatic heterocycles. The van der Waals surface area contributed by atoms with Gasteiger partial charge >= 0.3 is 6.18 Å². The van der Waals surface area contributed by atoms with Crippen molar-refractivity contribution in [2.24, 2.45) is 0 Å². The number of rotatable bonds is 7. The molecule has 0 rings (SSSR count). The number of hydrogen-bond donors (Lipinski definition) is 3. The van der Waals surface area contributed by atoms with Crippen molar-refractivity contribution in [2.75, 3.05) is 26.8 Å². The fourth-order valence-electron chi connectivity index (χ4n) is 0.997. The summed E-state index contributed by atoms with van der Waals surface area (Å²) in [6.07, 6.45) is -5.23. The van der Waals surface area contributed by atoms with Crippen LogP contribution in [0.5, 0.6) is 0 Å². The Morgan fingerprint density at radius 2 is 2.06 bits per heavy atom. The van der Waals surface area contributed by atoms with E-state index in [9.17, 15) is 23.1 Å². The predicted octanol–water partition coefficient (Wildman–Crippen LogP) is -0.350.